The van der Waals surface area contributed by atoms with Crippen molar-refractivity contribution in [2.24, 2.45) is 0 Å². The Morgan fingerprint density at radius 3 is 1.50 bits per heavy atom. The molecule has 0 fully saturated rings. The van der Waals surface area contributed by atoms with Crippen molar-refractivity contribution in [1.29, 1.82) is 0 Å². The molecule has 1 amide bonds. The fraction of sp³-hybridized carbons (Fsp3) is 0.731. The summed E-state index contributed by atoms with van der Waals surface area (Å²) >= 11 is 0. The normalized spacial score (nSPS) is 13.9. The van der Waals surface area contributed by atoms with E-state index in [0.29, 0.717) is 19.3 Å². The molecule has 0 spiro atoms. The van der Waals surface area contributed by atoms with Gasteiger partial charge in [-0.15, -0.1) is 0 Å². The van der Waals surface area contributed by atoms with Crippen LogP contribution in [-0.4, -0.2) is 46.9 Å². The number of hydrogen-bond donors (Lipinski definition) is 3. The molecule has 3 unspecified atom stereocenters. The van der Waals surface area contributed by atoms with Gasteiger partial charge in [-0.05, 0) is 38.5 Å². The molecule has 58 heavy (non-hydrogen) atoms. The summed E-state index contributed by atoms with van der Waals surface area (Å²) in [6.07, 6.45) is 57.1. The van der Waals surface area contributed by atoms with Crippen molar-refractivity contribution >= 4 is 11.9 Å². The van der Waals surface area contributed by atoms with Crippen LogP contribution in [0.15, 0.2) is 72.9 Å². The van der Waals surface area contributed by atoms with Gasteiger partial charge in [-0.2, -0.15) is 0 Å². The molecular formula is C52H91NO5. The Bertz CT molecular complexity index is 1090. The van der Waals surface area contributed by atoms with Crippen LogP contribution in [0.2, 0.25) is 0 Å². The highest BCUT2D eigenvalue weighted by atomic mass is 16.5. The molecule has 0 saturated heterocycles. The van der Waals surface area contributed by atoms with E-state index in [4.69, 9.17) is 4.74 Å². The lowest BCUT2D eigenvalue weighted by molar-refractivity contribution is -0.150. The highest BCUT2D eigenvalue weighted by Gasteiger charge is 2.23. The predicted octanol–water partition coefficient (Wildman–Crippen LogP) is 14.2. The average molecular weight is 810 g/mol. The Hall–Kier alpha value is -2.70. The number of amides is 1. The Labute approximate surface area is 358 Å². The van der Waals surface area contributed by atoms with Crippen molar-refractivity contribution in [2.75, 3.05) is 6.61 Å². The summed E-state index contributed by atoms with van der Waals surface area (Å²) < 4.78 is 5.81. The molecule has 0 aromatic carbocycles. The number of aliphatic hydroxyl groups is 2. The van der Waals surface area contributed by atoms with E-state index < -0.39 is 18.2 Å². The van der Waals surface area contributed by atoms with Crippen LogP contribution in [0.5, 0.6) is 0 Å². The van der Waals surface area contributed by atoms with E-state index in [-0.39, 0.29) is 24.9 Å². The third-order valence-corrected chi connectivity index (χ3v) is 10.6. The maximum absolute atomic E-state index is 13.1. The predicted molar refractivity (Wildman–Crippen MR) is 250 cm³/mol. The van der Waals surface area contributed by atoms with Gasteiger partial charge in [0.05, 0.1) is 25.2 Å². The lowest BCUT2D eigenvalue weighted by atomic mass is 10.0. The van der Waals surface area contributed by atoms with Crippen molar-refractivity contribution < 1.29 is 24.5 Å². The van der Waals surface area contributed by atoms with Crippen LogP contribution in [0.3, 0.4) is 0 Å². The highest BCUT2D eigenvalue weighted by Crippen LogP contribution is 2.16. The van der Waals surface area contributed by atoms with E-state index in [0.717, 1.165) is 57.8 Å². The minimum Gasteiger partial charge on any atom is -0.461 e. The summed E-state index contributed by atoms with van der Waals surface area (Å²) in [5.74, 6) is -0.622. The summed E-state index contributed by atoms with van der Waals surface area (Å²) in [5, 5.41) is 23.7. The van der Waals surface area contributed by atoms with Crippen LogP contribution in [0, 0.1) is 0 Å². The summed E-state index contributed by atoms with van der Waals surface area (Å²) in [4.78, 5) is 25.9. The highest BCUT2D eigenvalue weighted by molar-refractivity contribution is 5.77. The second-order valence-electron chi connectivity index (χ2n) is 16.3. The molecule has 0 heterocycles. The van der Waals surface area contributed by atoms with Gasteiger partial charge in [0.25, 0.3) is 0 Å². The number of aliphatic hydroxyl groups excluding tert-OH is 2. The SMILES string of the molecule is CC/C=C/C=C/C=C\C=C/C=C/CC(CC(=O)NC(CO)C(O)CCCCCCCCCCCCCCCCCCC)OC(=O)CCCCCCC/C=C\CCCC. The zero-order valence-corrected chi connectivity index (χ0v) is 37.9. The van der Waals surface area contributed by atoms with E-state index in [2.05, 4.69) is 44.3 Å². The molecule has 0 aliphatic heterocycles. The number of carbonyl (C=O) groups is 2. The number of esters is 1. The topological polar surface area (TPSA) is 95.9 Å². The molecule has 0 saturated carbocycles. The van der Waals surface area contributed by atoms with Gasteiger partial charge in [0, 0.05) is 12.8 Å². The van der Waals surface area contributed by atoms with Crippen molar-refractivity contribution in [2.45, 2.75) is 238 Å². The second kappa shape index (κ2) is 45.4. The van der Waals surface area contributed by atoms with Crippen molar-refractivity contribution in [1.82, 2.24) is 5.32 Å². The largest absolute Gasteiger partial charge is 0.461 e. The van der Waals surface area contributed by atoms with E-state index in [9.17, 15) is 19.8 Å². The summed E-state index contributed by atoms with van der Waals surface area (Å²) in [5.41, 5.74) is 0. The Morgan fingerprint density at radius 1 is 0.534 bits per heavy atom. The average Bonchev–Trinajstić information content (AvgIpc) is 3.22. The summed E-state index contributed by atoms with van der Waals surface area (Å²) in [7, 11) is 0. The molecule has 3 atom stereocenters. The monoisotopic (exact) mass is 810 g/mol. The van der Waals surface area contributed by atoms with E-state index >= 15 is 0 Å². The third-order valence-electron chi connectivity index (χ3n) is 10.6. The quantitative estimate of drug-likeness (QED) is 0.0247. The number of carbonyl (C=O) groups excluding carboxylic acids is 2. The Morgan fingerprint density at radius 2 is 0.983 bits per heavy atom. The van der Waals surface area contributed by atoms with Crippen LogP contribution in [0.25, 0.3) is 0 Å². The molecular weight excluding hydrogens is 719 g/mol. The number of allylic oxidation sites excluding steroid dienone is 11. The molecule has 6 heteroatoms. The Kier molecular flexibility index (Phi) is 43.3. The first kappa shape index (κ1) is 55.3. The molecule has 0 bridgehead atoms. The zero-order valence-electron chi connectivity index (χ0n) is 37.9. The lowest BCUT2D eigenvalue weighted by Gasteiger charge is -2.24. The van der Waals surface area contributed by atoms with Gasteiger partial charge in [0.1, 0.15) is 6.10 Å². The molecule has 0 aliphatic carbocycles. The third kappa shape index (κ3) is 40.1. The smallest absolute Gasteiger partial charge is 0.306 e. The minimum atomic E-state index is -0.820. The van der Waals surface area contributed by atoms with Crippen LogP contribution in [0.4, 0.5) is 0 Å². The van der Waals surface area contributed by atoms with Gasteiger partial charge < -0.3 is 20.3 Å². The van der Waals surface area contributed by atoms with Crippen LogP contribution < -0.4 is 5.32 Å². The second-order valence-corrected chi connectivity index (χ2v) is 16.3. The summed E-state index contributed by atoms with van der Waals surface area (Å²) in [6.45, 7) is 6.25. The number of rotatable bonds is 42. The molecule has 0 rings (SSSR count). The first-order valence-corrected chi connectivity index (χ1v) is 24.2. The molecule has 334 valence electrons. The number of unbranched alkanes of at least 4 members (excludes halogenated alkanes) is 23. The van der Waals surface area contributed by atoms with Crippen LogP contribution in [0.1, 0.15) is 220 Å². The molecule has 0 aromatic rings. The standard InChI is InChI=1S/C52H91NO5/c1-4-7-10-13-16-19-22-23-24-25-26-27-30-32-35-38-41-44-50(55)49(47-54)53-51(56)46-48(43-40-37-34-31-28-20-17-14-11-8-5-2)58-52(57)45-42-39-36-33-29-21-18-15-12-9-6-3/h8,11,14-15,17-18,20,28,31,34,37,40,48-50,54-55H,4-7,9-10,12-13,16,19,21-27,29-30,32-33,35-36,38-39,41-47H2,1-3H3,(H,53,56)/b11-8+,17-14+,18-15-,28-20-,34-31-,40-37+. The molecule has 0 aliphatic rings. The first-order chi connectivity index (χ1) is 28.5. The van der Waals surface area contributed by atoms with Crippen LogP contribution in [-0.2, 0) is 14.3 Å². The minimum absolute atomic E-state index is 0.0239. The van der Waals surface area contributed by atoms with Crippen LogP contribution >= 0.6 is 0 Å². The Balaban J connectivity index is 4.60. The fourth-order valence-electron chi connectivity index (χ4n) is 6.96. The summed E-state index contributed by atoms with van der Waals surface area (Å²) in [6, 6.07) is -0.742. The van der Waals surface area contributed by atoms with Gasteiger partial charge in [0.2, 0.25) is 5.91 Å². The van der Waals surface area contributed by atoms with Gasteiger partial charge in [0.15, 0.2) is 0 Å². The number of hydrogen-bond acceptors (Lipinski definition) is 5. The van der Waals surface area contributed by atoms with Gasteiger partial charge in [-0.25, -0.2) is 0 Å². The zero-order chi connectivity index (χ0) is 42.4. The molecule has 0 aromatic heterocycles. The molecule has 3 N–H and O–H groups in total. The fourth-order valence-corrected chi connectivity index (χ4v) is 6.96. The van der Waals surface area contributed by atoms with Gasteiger partial charge in [-0.1, -0.05) is 235 Å². The van der Waals surface area contributed by atoms with Crippen molar-refractivity contribution in [3.8, 4) is 0 Å². The number of nitrogens with one attached hydrogen (secondary N) is 1. The maximum Gasteiger partial charge on any atom is 0.306 e. The van der Waals surface area contributed by atoms with Gasteiger partial charge >= 0.3 is 5.97 Å². The maximum atomic E-state index is 13.1. The van der Waals surface area contributed by atoms with E-state index in [1.165, 1.54) is 116 Å². The lowest BCUT2D eigenvalue weighted by Crippen LogP contribution is -2.46. The van der Waals surface area contributed by atoms with E-state index in [1.807, 2.05) is 54.7 Å². The first-order valence-electron chi connectivity index (χ1n) is 24.2. The van der Waals surface area contributed by atoms with E-state index in [1.54, 1.807) is 0 Å². The molecule has 0 radical (unpaired) electrons. The molecule has 6 nitrogen and oxygen atoms in total. The van der Waals surface area contributed by atoms with Gasteiger partial charge in [-0.3, -0.25) is 9.59 Å². The van der Waals surface area contributed by atoms with Crippen molar-refractivity contribution in [3.63, 3.8) is 0 Å². The number of ether oxygens (including phenoxy) is 1. The van der Waals surface area contributed by atoms with Crippen molar-refractivity contribution in [3.05, 3.63) is 72.9 Å².